The van der Waals surface area contributed by atoms with Crippen LogP contribution in [0.2, 0.25) is 0 Å². The lowest BCUT2D eigenvalue weighted by Crippen LogP contribution is -2.54. The molecule has 2 amide bonds. The van der Waals surface area contributed by atoms with Crippen molar-refractivity contribution in [2.75, 3.05) is 18.4 Å². The Morgan fingerprint density at radius 2 is 1.83 bits per heavy atom. The highest BCUT2D eigenvalue weighted by atomic mass is 16.3. The minimum absolute atomic E-state index is 0.115. The Morgan fingerprint density at radius 3 is 2.28 bits per heavy atom. The van der Waals surface area contributed by atoms with E-state index < -0.39 is 0 Å². The van der Waals surface area contributed by atoms with Crippen LogP contribution in [0.15, 0.2) is 24.3 Å². The molecule has 1 aliphatic rings. The molecule has 4 nitrogen and oxygen atoms in total. The molecule has 1 aliphatic heterocycles. The van der Waals surface area contributed by atoms with E-state index in [1.54, 1.807) is 4.90 Å². The third kappa shape index (κ3) is 2.82. The van der Waals surface area contributed by atoms with E-state index >= 15 is 0 Å². The van der Waals surface area contributed by atoms with E-state index in [4.69, 9.17) is 5.11 Å². The summed E-state index contributed by atoms with van der Waals surface area (Å²) < 4.78 is 0. The first-order chi connectivity index (χ1) is 8.36. The van der Waals surface area contributed by atoms with Gasteiger partial charge in [0.25, 0.3) is 0 Å². The van der Waals surface area contributed by atoms with E-state index in [0.717, 1.165) is 5.69 Å². The Morgan fingerprint density at radius 1 is 1.28 bits per heavy atom. The molecule has 0 aliphatic carbocycles. The molecule has 1 saturated heterocycles. The third-order valence-electron chi connectivity index (χ3n) is 3.15. The molecule has 98 valence electrons. The molecule has 1 heterocycles. The summed E-state index contributed by atoms with van der Waals surface area (Å²) in [6.07, 6.45) is -0.362. The average Bonchev–Trinajstić information content (AvgIpc) is 2.24. The number of aliphatic hydroxyl groups excluding tert-OH is 1. The summed E-state index contributed by atoms with van der Waals surface area (Å²) in [6.45, 7) is 7.31. The highest BCUT2D eigenvalue weighted by Gasteiger charge is 2.28. The maximum absolute atomic E-state index is 11.7. The number of rotatable bonds is 1. The van der Waals surface area contributed by atoms with Crippen molar-refractivity contribution in [3.63, 3.8) is 0 Å². The molecule has 1 aromatic carbocycles. The van der Waals surface area contributed by atoms with Gasteiger partial charge in [-0.15, -0.1) is 0 Å². The van der Waals surface area contributed by atoms with Crippen molar-refractivity contribution < 1.29 is 9.90 Å². The van der Waals surface area contributed by atoms with Gasteiger partial charge in [0, 0.05) is 5.69 Å². The maximum atomic E-state index is 11.7. The van der Waals surface area contributed by atoms with Gasteiger partial charge in [-0.25, -0.2) is 4.79 Å². The molecule has 0 radical (unpaired) electrons. The summed E-state index contributed by atoms with van der Waals surface area (Å²) in [5.74, 6) is 0. The monoisotopic (exact) mass is 248 g/mol. The number of likely N-dealkylation sites (tertiary alicyclic amines) is 1. The van der Waals surface area contributed by atoms with Crippen LogP contribution in [0.1, 0.15) is 26.3 Å². The molecule has 0 saturated carbocycles. The van der Waals surface area contributed by atoms with Gasteiger partial charge in [-0.3, -0.25) is 0 Å². The standard InChI is InChI=1S/C14H20N2O2/c1-14(2,3)10-4-6-11(7-5-10)15-13(18)16-8-12(17)9-16/h4-7,12,17H,8-9H2,1-3H3,(H,15,18). The maximum Gasteiger partial charge on any atom is 0.322 e. The summed E-state index contributed by atoms with van der Waals surface area (Å²) in [7, 11) is 0. The summed E-state index contributed by atoms with van der Waals surface area (Å²) in [6, 6.07) is 7.73. The minimum Gasteiger partial charge on any atom is -0.389 e. The van der Waals surface area contributed by atoms with E-state index in [2.05, 4.69) is 26.1 Å². The first-order valence-corrected chi connectivity index (χ1v) is 6.21. The van der Waals surface area contributed by atoms with Gasteiger partial charge < -0.3 is 15.3 Å². The molecule has 18 heavy (non-hydrogen) atoms. The molecular weight excluding hydrogens is 228 g/mol. The normalized spacial score (nSPS) is 16.3. The number of nitrogens with zero attached hydrogens (tertiary/aromatic N) is 1. The predicted octanol–water partition coefficient (Wildman–Crippen LogP) is 2.19. The molecule has 0 atom stereocenters. The van der Waals surface area contributed by atoms with Gasteiger partial charge in [-0.2, -0.15) is 0 Å². The van der Waals surface area contributed by atoms with Crippen molar-refractivity contribution in [3.8, 4) is 0 Å². The molecule has 4 heteroatoms. The van der Waals surface area contributed by atoms with Gasteiger partial charge in [0.1, 0.15) is 0 Å². The second-order valence-electron chi connectivity index (χ2n) is 5.82. The van der Waals surface area contributed by atoms with E-state index in [-0.39, 0.29) is 17.6 Å². The first-order valence-electron chi connectivity index (χ1n) is 6.21. The molecule has 1 aromatic rings. The average molecular weight is 248 g/mol. The molecule has 0 bridgehead atoms. The number of carbonyl (C=O) groups excluding carboxylic acids is 1. The largest absolute Gasteiger partial charge is 0.389 e. The number of carbonyl (C=O) groups is 1. The molecule has 0 unspecified atom stereocenters. The predicted molar refractivity (Wildman–Crippen MR) is 71.7 cm³/mol. The fourth-order valence-electron chi connectivity index (χ4n) is 1.88. The Bertz CT molecular complexity index is 428. The Hall–Kier alpha value is -1.55. The fraction of sp³-hybridized carbons (Fsp3) is 0.500. The van der Waals surface area contributed by atoms with Crippen LogP contribution in [0.25, 0.3) is 0 Å². The van der Waals surface area contributed by atoms with Gasteiger partial charge in [0.05, 0.1) is 19.2 Å². The van der Waals surface area contributed by atoms with Crippen LogP contribution < -0.4 is 5.32 Å². The number of hydrogen-bond donors (Lipinski definition) is 2. The number of amides is 2. The molecule has 0 aromatic heterocycles. The number of nitrogens with one attached hydrogen (secondary N) is 1. The second-order valence-corrected chi connectivity index (χ2v) is 5.82. The summed E-state index contributed by atoms with van der Waals surface area (Å²) in [4.78, 5) is 13.3. The lowest BCUT2D eigenvalue weighted by Gasteiger charge is -2.35. The Labute approximate surface area is 108 Å². The van der Waals surface area contributed by atoms with Gasteiger partial charge in [0.2, 0.25) is 0 Å². The third-order valence-corrected chi connectivity index (χ3v) is 3.15. The lowest BCUT2D eigenvalue weighted by atomic mass is 9.87. The Balaban J connectivity index is 1.96. The van der Waals surface area contributed by atoms with Crippen molar-refractivity contribution in [2.45, 2.75) is 32.3 Å². The zero-order valence-corrected chi connectivity index (χ0v) is 11.1. The van der Waals surface area contributed by atoms with Crippen LogP contribution in [0.4, 0.5) is 10.5 Å². The highest BCUT2D eigenvalue weighted by molar-refractivity contribution is 5.89. The SMILES string of the molecule is CC(C)(C)c1ccc(NC(=O)N2CC(O)C2)cc1. The number of β-amino-alcohol motifs (C(OH)–C–C–N with tert-alkyl or cyclic N) is 1. The second kappa shape index (κ2) is 4.61. The van der Waals surface area contributed by atoms with Gasteiger partial charge in [-0.1, -0.05) is 32.9 Å². The van der Waals surface area contributed by atoms with E-state index in [1.807, 2.05) is 24.3 Å². The highest BCUT2D eigenvalue weighted by Crippen LogP contribution is 2.23. The van der Waals surface area contributed by atoms with Gasteiger partial charge in [-0.05, 0) is 23.1 Å². The summed E-state index contributed by atoms with van der Waals surface area (Å²) >= 11 is 0. The van der Waals surface area contributed by atoms with Crippen molar-refractivity contribution in [1.82, 2.24) is 4.90 Å². The zero-order chi connectivity index (χ0) is 13.3. The van der Waals surface area contributed by atoms with Crippen LogP contribution in [0.3, 0.4) is 0 Å². The van der Waals surface area contributed by atoms with Crippen LogP contribution in [-0.4, -0.2) is 35.2 Å². The van der Waals surface area contributed by atoms with Crippen molar-refractivity contribution in [2.24, 2.45) is 0 Å². The molecule has 1 fully saturated rings. The van der Waals surface area contributed by atoms with E-state index in [9.17, 15) is 4.79 Å². The van der Waals surface area contributed by atoms with Crippen molar-refractivity contribution in [1.29, 1.82) is 0 Å². The molecule has 0 spiro atoms. The minimum atomic E-state index is -0.362. The number of anilines is 1. The van der Waals surface area contributed by atoms with Crippen LogP contribution in [-0.2, 0) is 5.41 Å². The van der Waals surface area contributed by atoms with Crippen LogP contribution in [0.5, 0.6) is 0 Å². The van der Waals surface area contributed by atoms with E-state index in [0.29, 0.717) is 13.1 Å². The fourth-order valence-corrected chi connectivity index (χ4v) is 1.88. The number of aliphatic hydroxyl groups is 1. The topological polar surface area (TPSA) is 52.6 Å². The first kappa shape index (κ1) is 12.9. The number of urea groups is 1. The number of hydrogen-bond acceptors (Lipinski definition) is 2. The van der Waals surface area contributed by atoms with Crippen molar-refractivity contribution in [3.05, 3.63) is 29.8 Å². The summed E-state index contributed by atoms with van der Waals surface area (Å²) in [5.41, 5.74) is 2.14. The van der Waals surface area contributed by atoms with Gasteiger partial charge >= 0.3 is 6.03 Å². The number of benzene rings is 1. The van der Waals surface area contributed by atoms with Gasteiger partial charge in [0.15, 0.2) is 0 Å². The van der Waals surface area contributed by atoms with E-state index in [1.165, 1.54) is 5.56 Å². The molecular formula is C14H20N2O2. The lowest BCUT2D eigenvalue weighted by molar-refractivity contribution is 0.0309. The van der Waals surface area contributed by atoms with Crippen LogP contribution in [0, 0.1) is 0 Å². The quantitative estimate of drug-likeness (QED) is 0.800. The Kier molecular flexibility index (Phi) is 3.30. The smallest absolute Gasteiger partial charge is 0.322 e. The van der Waals surface area contributed by atoms with Crippen molar-refractivity contribution >= 4 is 11.7 Å². The van der Waals surface area contributed by atoms with Crippen LogP contribution >= 0.6 is 0 Å². The zero-order valence-electron chi connectivity index (χ0n) is 11.1. The molecule has 2 rings (SSSR count). The molecule has 2 N–H and O–H groups in total. The summed E-state index contributed by atoms with van der Waals surface area (Å²) in [5, 5.41) is 12.0.